The van der Waals surface area contributed by atoms with Crippen molar-refractivity contribution in [3.63, 3.8) is 0 Å². The molecule has 0 aliphatic carbocycles. The summed E-state index contributed by atoms with van der Waals surface area (Å²) in [4.78, 5) is 6.02. The largest absolute Gasteiger partial charge is 0.316 e. The fourth-order valence-electron chi connectivity index (χ4n) is 3.46. The minimum absolute atomic E-state index is 0.903. The normalized spacial score (nSPS) is 11.8. The van der Waals surface area contributed by atoms with Crippen molar-refractivity contribution in [1.29, 1.82) is 0 Å². The van der Waals surface area contributed by atoms with Crippen LogP contribution in [0.1, 0.15) is 22.3 Å². The van der Waals surface area contributed by atoms with Crippen molar-refractivity contribution in [2.75, 3.05) is 0 Å². The van der Waals surface area contributed by atoms with Gasteiger partial charge in [-0.2, -0.15) is 0 Å². The third-order valence-electron chi connectivity index (χ3n) is 5.29. The summed E-state index contributed by atoms with van der Waals surface area (Å²) in [5.74, 6) is 0. The summed E-state index contributed by atoms with van der Waals surface area (Å²) in [6, 6.07) is 25.8. The van der Waals surface area contributed by atoms with E-state index in [9.17, 15) is 0 Å². The van der Waals surface area contributed by atoms with Gasteiger partial charge in [0.15, 0.2) is 4.80 Å². The van der Waals surface area contributed by atoms with Crippen LogP contribution in [0, 0.1) is 20.8 Å². The second-order valence-electron chi connectivity index (χ2n) is 7.54. The SMILES string of the molecule is Cc1cccc(N=c2scc(-c3ccc(C)c(C)c3)n2CCc2ccccc2)c1. The third-order valence-corrected chi connectivity index (χ3v) is 6.16. The van der Waals surface area contributed by atoms with Crippen LogP contribution in [0.4, 0.5) is 5.69 Å². The number of nitrogens with zero attached hydrogens (tertiary/aromatic N) is 2. The smallest absolute Gasteiger partial charge is 0.190 e. The highest BCUT2D eigenvalue weighted by Crippen LogP contribution is 2.24. The number of thiazole rings is 1. The quantitative estimate of drug-likeness (QED) is 0.359. The maximum Gasteiger partial charge on any atom is 0.190 e. The van der Waals surface area contributed by atoms with Crippen molar-refractivity contribution >= 4 is 17.0 Å². The molecule has 0 fully saturated rings. The molecule has 0 aliphatic rings. The summed E-state index contributed by atoms with van der Waals surface area (Å²) in [6.45, 7) is 7.35. The third kappa shape index (κ3) is 4.57. The van der Waals surface area contributed by atoms with Gasteiger partial charge in [-0.3, -0.25) is 0 Å². The summed E-state index contributed by atoms with van der Waals surface area (Å²) < 4.78 is 2.37. The zero-order valence-electron chi connectivity index (χ0n) is 17.2. The van der Waals surface area contributed by atoms with Gasteiger partial charge in [0.05, 0.1) is 11.4 Å². The molecule has 4 aromatic rings. The number of aryl methyl sites for hydroxylation is 4. The van der Waals surface area contributed by atoms with Crippen molar-refractivity contribution in [3.05, 3.63) is 105 Å². The Balaban J connectivity index is 1.78. The predicted octanol–water partition coefficient (Wildman–Crippen LogP) is 6.62. The molecule has 0 amide bonds. The predicted molar refractivity (Wildman–Crippen MR) is 124 cm³/mol. The van der Waals surface area contributed by atoms with Gasteiger partial charge >= 0.3 is 0 Å². The van der Waals surface area contributed by atoms with Gasteiger partial charge in [0.2, 0.25) is 0 Å². The van der Waals surface area contributed by atoms with Gasteiger partial charge in [0, 0.05) is 11.9 Å². The highest BCUT2D eigenvalue weighted by molar-refractivity contribution is 7.07. The van der Waals surface area contributed by atoms with Gasteiger partial charge in [-0.15, -0.1) is 11.3 Å². The van der Waals surface area contributed by atoms with Crippen molar-refractivity contribution in [3.8, 4) is 11.3 Å². The van der Waals surface area contributed by atoms with Crippen molar-refractivity contribution < 1.29 is 0 Å². The highest BCUT2D eigenvalue weighted by Gasteiger charge is 2.10. The van der Waals surface area contributed by atoms with Gasteiger partial charge in [0.25, 0.3) is 0 Å². The molecule has 4 rings (SSSR count). The fourth-order valence-corrected chi connectivity index (χ4v) is 4.42. The molecule has 0 radical (unpaired) electrons. The topological polar surface area (TPSA) is 17.3 Å². The zero-order chi connectivity index (χ0) is 20.2. The monoisotopic (exact) mass is 398 g/mol. The summed E-state index contributed by atoms with van der Waals surface area (Å²) in [7, 11) is 0. The van der Waals surface area contributed by atoms with E-state index in [4.69, 9.17) is 4.99 Å². The van der Waals surface area contributed by atoms with E-state index in [2.05, 4.69) is 104 Å². The number of aromatic nitrogens is 1. The molecule has 1 heterocycles. The lowest BCUT2D eigenvalue weighted by molar-refractivity contribution is 0.684. The molecular weight excluding hydrogens is 372 g/mol. The van der Waals surface area contributed by atoms with E-state index in [0.29, 0.717) is 0 Å². The first-order valence-electron chi connectivity index (χ1n) is 10.0. The average Bonchev–Trinajstić information content (AvgIpc) is 3.11. The molecule has 29 heavy (non-hydrogen) atoms. The van der Waals surface area contributed by atoms with Crippen molar-refractivity contribution in [2.45, 2.75) is 33.7 Å². The highest BCUT2D eigenvalue weighted by atomic mass is 32.1. The molecular formula is C26H26N2S. The molecule has 0 saturated carbocycles. The average molecular weight is 399 g/mol. The van der Waals surface area contributed by atoms with Crippen LogP contribution in [0.3, 0.4) is 0 Å². The molecule has 0 unspecified atom stereocenters. The first-order chi connectivity index (χ1) is 14.1. The van der Waals surface area contributed by atoms with Gasteiger partial charge in [-0.1, -0.05) is 54.6 Å². The Morgan fingerprint density at radius 3 is 2.41 bits per heavy atom. The van der Waals surface area contributed by atoms with Gasteiger partial charge < -0.3 is 4.57 Å². The van der Waals surface area contributed by atoms with E-state index in [1.807, 2.05) is 0 Å². The van der Waals surface area contributed by atoms with Crippen LogP contribution in [0.2, 0.25) is 0 Å². The Kier molecular flexibility index (Phi) is 5.77. The number of hydrogen-bond acceptors (Lipinski definition) is 2. The van der Waals surface area contributed by atoms with E-state index in [0.717, 1.165) is 23.5 Å². The molecule has 3 aromatic carbocycles. The van der Waals surface area contributed by atoms with Crippen LogP contribution < -0.4 is 4.80 Å². The number of rotatable bonds is 5. The van der Waals surface area contributed by atoms with Crippen LogP contribution in [-0.2, 0) is 13.0 Å². The van der Waals surface area contributed by atoms with Crippen LogP contribution in [0.5, 0.6) is 0 Å². The lowest BCUT2D eigenvalue weighted by Crippen LogP contribution is -2.17. The van der Waals surface area contributed by atoms with Crippen LogP contribution in [0.25, 0.3) is 11.3 Å². The van der Waals surface area contributed by atoms with Crippen LogP contribution in [-0.4, -0.2) is 4.57 Å². The minimum Gasteiger partial charge on any atom is -0.316 e. The summed E-state index contributed by atoms with van der Waals surface area (Å²) in [5.41, 5.74) is 8.72. The Labute approximate surface area is 176 Å². The van der Waals surface area contributed by atoms with Gasteiger partial charge in [0.1, 0.15) is 0 Å². The molecule has 0 bridgehead atoms. The van der Waals surface area contributed by atoms with E-state index in [-0.39, 0.29) is 0 Å². The molecule has 0 N–H and O–H groups in total. The maximum atomic E-state index is 4.98. The van der Waals surface area contributed by atoms with E-state index in [1.54, 1.807) is 11.3 Å². The summed E-state index contributed by atoms with van der Waals surface area (Å²) in [6.07, 6.45) is 0.983. The second kappa shape index (κ2) is 8.62. The van der Waals surface area contributed by atoms with Crippen LogP contribution in [0.15, 0.2) is 83.2 Å². The molecule has 3 heteroatoms. The Hall–Kier alpha value is -2.91. The molecule has 2 nitrogen and oxygen atoms in total. The Morgan fingerprint density at radius 2 is 1.66 bits per heavy atom. The lowest BCUT2D eigenvalue weighted by atomic mass is 10.0. The second-order valence-corrected chi connectivity index (χ2v) is 8.38. The first kappa shape index (κ1) is 19.4. The molecule has 0 atom stereocenters. The Morgan fingerprint density at radius 1 is 0.828 bits per heavy atom. The van der Waals surface area contributed by atoms with Crippen molar-refractivity contribution in [2.24, 2.45) is 4.99 Å². The Bertz CT molecular complexity index is 1180. The summed E-state index contributed by atoms with van der Waals surface area (Å²) in [5, 5.41) is 2.24. The molecule has 1 aromatic heterocycles. The van der Waals surface area contributed by atoms with Crippen LogP contribution >= 0.6 is 11.3 Å². The maximum absolute atomic E-state index is 4.98. The molecule has 0 spiro atoms. The van der Waals surface area contributed by atoms with E-state index >= 15 is 0 Å². The number of hydrogen-bond donors (Lipinski definition) is 0. The standard InChI is InChI=1S/C26H26N2S/c1-19-8-7-11-24(16-19)27-26-28(15-14-22-9-5-4-6-10-22)25(18-29-26)23-13-12-20(2)21(3)17-23/h4-13,16-18H,14-15H2,1-3H3. The molecule has 0 aliphatic heterocycles. The van der Waals surface area contributed by atoms with Gasteiger partial charge in [-0.25, -0.2) is 4.99 Å². The number of benzene rings is 3. The van der Waals surface area contributed by atoms with Gasteiger partial charge in [-0.05, 0) is 73.2 Å². The lowest BCUT2D eigenvalue weighted by Gasteiger charge is -2.11. The van der Waals surface area contributed by atoms with Crippen molar-refractivity contribution in [1.82, 2.24) is 4.57 Å². The van der Waals surface area contributed by atoms with E-state index < -0.39 is 0 Å². The van der Waals surface area contributed by atoms with E-state index in [1.165, 1.54) is 33.5 Å². The minimum atomic E-state index is 0.903. The summed E-state index contributed by atoms with van der Waals surface area (Å²) >= 11 is 1.71. The molecule has 0 saturated heterocycles. The zero-order valence-corrected chi connectivity index (χ0v) is 18.0. The fraction of sp³-hybridized carbons (Fsp3) is 0.192. The molecule has 146 valence electrons. The first-order valence-corrected chi connectivity index (χ1v) is 10.9.